The van der Waals surface area contributed by atoms with Crippen molar-refractivity contribution >= 4 is 11.6 Å². The molecule has 1 aromatic heterocycles. The number of benzene rings is 1. The SMILES string of the molecule is Cc1cccc(F)c1-n1cnnc1CCl. The van der Waals surface area contributed by atoms with Crippen LogP contribution in [0.25, 0.3) is 5.69 Å². The van der Waals surface area contributed by atoms with Gasteiger partial charge in [0.05, 0.1) is 11.6 Å². The number of hydrogen-bond acceptors (Lipinski definition) is 2. The third kappa shape index (κ3) is 1.72. The third-order valence-corrected chi connectivity index (χ3v) is 2.41. The van der Waals surface area contributed by atoms with E-state index in [1.54, 1.807) is 10.6 Å². The van der Waals surface area contributed by atoms with Gasteiger partial charge in [-0.25, -0.2) is 4.39 Å². The summed E-state index contributed by atoms with van der Waals surface area (Å²) in [6.45, 7) is 1.83. The lowest BCUT2D eigenvalue weighted by Crippen LogP contribution is -2.03. The predicted molar refractivity (Wildman–Crippen MR) is 55.6 cm³/mol. The molecule has 0 radical (unpaired) electrons. The molecule has 15 heavy (non-hydrogen) atoms. The lowest BCUT2D eigenvalue weighted by Gasteiger charge is -2.08. The molecular formula is C10H9ClFN3. The summed E-state index contributed by atoms with van der Waals surface area (Å²) >= 11 is 5.68. The maximum Gasteiger partial charge on any atom is 0.152 e. The molecule has 0 fully saturated rings. The van der Waals surface area contributed by atoms with Crippen LogP contribution >= 0.6 is 11.6 Å². The Morgan fingerprint density at radius 1 is 1.47 bits per heavy atom. The molecule has 0 saturated heterocycles. The Labute approximate surface area is 91.5 Å². The smallest absolute Gasteiger partial charge is 0.152 e. The summed E-state index contributed by atoms with van der Waals surface area (Å²) in [6.07, 6.45) is 1.46. The van der Waals surface area contributed by atoms with Crippen LogP contribution in [-0.2, 0) is 5.88 Å². The number of alkyl halides is 1. The highest BCUT2D eigenvalue weighted by Gasteiger charge is 2.11. The molecular weight excluding hydrogens is 217 g/mol. The number of nitrogens with zero attached hydrogens (tertiary/aromatic N) is 3. The van der Waals surface area contributed by atoms with Gasteiger partial charge in [0.25, 0.3) is 0 Å². The first-order chi connectivity index (χ1) is 7.24. The second-order valence-electron chi connectivity index (χ2n) is 3.16. The van der Waals surface area contributed by atoms with Crippen molar-refractivity contribution in [3.8, 4) is 5.69 Å². The zero-order valence-electron chi connectivity index (χ0n) is 8.11. The second-order valence-corrected chi connectivity index (χ2v) is 3.42. The molecule has 3 nitrogen and oxygen atoms in total. The van der Waals surface area contributed by atoms with E-state index < -0.39 is 0 Å². The Kier molecular flexibility index (Phi) is 2.68. The summed E-state index contributed by atoms with van der Waals surface area (Å²) in [4.78, 5) is 0. The Balaban J connectivity index is 2.63. The molecule has 0 bridgehead atoms. The molecule has 0 aliphatic rings. The first kappa shape index (κ1) is 10.1. The quantitative estimate of drug-likeness (QED) is 0.735. The summed E-state index contributed by atoms with van der Waals surface area (Å²) in [5.74, 6) is 0.430. The highest BCUT2D eigenvalue weighted by atomic mass is 35.5. The van der Waals surface area contributed by atoms with E-state index in [9.17, 15) is 4.39 Å². The summed E-state index contributed by atoms with van der Waals surface area (Å²) in [5, 5.41) is 7.52. The average Bonchev–Trinajstić information content (AvgIpc) is 2.65. The van der Waals surface area contributed by atoms with E-state index in [1.165, 1.54) is 12.4 Å². The van der Waals surface area contributed by atoms with E-state index in [2.05, 4.69) is 10.2 Å². The largest absolute Gasteiger partial charge is 0.281 e. The molecule has 0 spiro atoms. The maximum absolute atomic E-state index is 13.6. The lowest BCUT2D eigenvalue weighted by molar-refractivity contribution is 0.614. The van der Waals surface area contributed by atoms with E-state index in [-0.39, 0.29) is 11.7 Å². The van der Waals surface area contributed by atoms with Crippen LogP contribution in [0, 0.1) is 12.7 Å². The maximum atomic E-state index is 13.6. The number of para-hydroxylation sites is 1. The summed E-state index contributed by atoms with van der Waals surface area (Å²) in [5.41, 5.74) is 1.28. The van der Waals surface area contributed by atoms with Crippen molar-refractivity contribution in [2.45, 2.75) is 12.8 Å². The molecule has 1 aromatic carbocycles. The topological polar surface area (TPSA) is 30.7 Å². The van der Waals surface area contributed by atoms with Crippen LogP contribution in [0.4, 0.5) is 4.39 Å². The fourth-order valence-electron chi connectivity index (χ4n) is 1.47. The van der Waals surface area contributed by atoms with E-state index in [0.29, 0.717) is 11.5 Å². The van der Waals surface area contributed by atoms with Gasteiger partial charge in [0.15, 0.2) is 5.82 Å². The minimum atomic E-state index is -0.304. The van der Waals surface area contributed by atoms with Gasteiger partial charge in [0.1, 0.15) is 12.1 Å². The summed E-state index contributed by atoms with van der Waals surface area (Å²) < 4.78 is 15.2. The molecule has 2 rings (SSSR count). The van der Waals surface area contributed by atoms with Crippen LogP contribution in [-0.4, -0.2) is 14.8 Å². The highest BCUT2D eigenvalue weighted by molar-refractivity contribution is 6.16. The van der Waals surface area contributed by atoms with E-state index in [4.69, 9.17) is 11.6 Å². The van der Waals surface area contributed by atoms with Gasteiger partial charge in [-0.3, -0.25) is 4.57 Å². The normalized spacial score (nSPS) is 10.6. The van der Waals surface area contributed by atoms with Crippen LogP contribution in [0.5, 0.6) is 0 Å². The molecule has 0 N–H and O–H groups in total. The standard InChI is InChI=1S/C10H9ClFN3/c1-7-3-2-4-8(12)10(7)15-6-13-14-9(15)5-11/h2-4,6H,5H2,1H3. The number of aromatic nitrogens is 3. The molecule has 5 heteroatoms. The molecule has 0 atom stereocenters. The van der Waals surface area contributed by atoms with Crippen LogP contribution in [0.3, 0.4) is 0 Å². The number of hydrogen-bond donors (Lipinski definition) is 0. The molecule has 0 amide bonds. The molecule has 1 heterocycles. The van der Waals surface area contributed by atoms with Crippen LogP contribution in [0.1, 0.15) is 11.4 Å². The molecule has 78 valence electrons. The second kappa shape index (κ2) is 3.98. The first-order valence-corrected chi connectivity index (χ1v) is 4.98. The van der Waals surface area contributed by atoms with Crippen molar-refractivity contribution in [3.05, 3.63) is 41.7 Å². The fraction of sp³-hybridized carbons (Fsp3) is 0.200. The van der Waals surface area contributed by atoms with Gasteiger partial charge in [-0.2, -0.15) is 0 Å². The van der Waals surface area contributed by atoms with E-state index in [1.807, 2.05) is 13.0 Å². The fourth-order valence-corrected chi connectivity index (χ4v) is 1.65. The van der Waals surface area contributed by atoms with Gasteiger partial charge < -0.3 is 0 Å². The summed E-state index contributed by atoms with van der Waals surface area (Å²) in [6, 6.07) is 4.90. The molecule has 0 saturated carbocycles. The third-order valence-electron chi connectivity index (χ3n) is 2.17. The Bertz CT molecular complexity index is 461. The van der Waals surface area contributed by atoms with Crippen molar-refractivity contribution in [2.75, 3.05) is 0 Å². The van der Waals surface area contributed by atoms with Crippen molar-refractivity contribution in [2.24, 2.45) is 0 Å². The zero-order valence-corrected chi connectivity index (χ0v) is 8.87. The molecule has 2 aromatic rings. The minimum absolute atomic E-state index is 0.202. The number of halogens is 2. The van der Waals surface area contributed by atoms with Gasteiger partial charge in [-0.1, -0.05) is 12.1 Å². The van der Waals surface area contributed by atoms with Gasteiger partial charge in [-0.05, 0) is 18.6 Å². The molecule has 0 aliphatic carbocycles. The van der Waals surface area contributed by atoms with Gasteiger partial charge in [0, 0.05) is 0 Å². The zero-order chi connectivity index (χ0) is 10.8. The lowest BCUT2D eigenvalue weighted by atomic mass is 10.2. The number of aryl methyl sites for hydroxylation is 1. The van der Waals surface area contributed by atoms with Gasteiger partial charge in [-0.15, -0.1) is 21.8 Å². The highest BCUT2D eigenvalue weighted by Crippen LogP contribution is 2.19. The van der Waals surface area contributed by atoms with E-state index >= 15 is 0 Å². The van der Waals surface area contributed by atoms with Crippen molar-refractivity contribution in [1.29, 1.82) is 0 Å². The molecule has 0 aliphatic heterocycles. The van der Waals surface area contributed by atoms with Crippen molar-refractivity contribution in [3.63, 3.8) is 0 Å². The predicted octanol–water partition coefficient (Wildman–Crippen LogP) is 2.45. The van der Waals surface area contributed by atoms with Crippen molar-refractivity contribution < 1.29 is 4.39 Å². The van der Waals surface area contributed by atoms with Gasteiger partial charge >= 0.3 is 0 Å². The Hall–Kier alpha value is -1.42. The van der Waals surface area contributed by atoms with Crippen LogP contribution in [0.15, 0.2) is 24.5 Å². The first-order valence-electron chi connectivity index (χ1n) is 4.44. The van der Waals surface area contributed by atoms with Gasteiger partial charge in [0.2, 0.25) is 0 Å². The van der Waals surface area contributed by atoms with Crippen LogP contribution in [0.2, 0.25) is 0 Å². The Morgan fingerprint density at radius 2 is 2.27 bits per heavy atom. The van der Waals surface area contributed by atoms with Crippen LogP contribution < -0.4 is 0 Å². The molecule has 0 unspecified atom stereocenters. The monoisotopic (exact) mass is 225 g/mol. The summed E-state index contributed by atoms with van der Waals surface area (Å²) in [7, 11) is 0. The number of rotatable bonds is 2. The van der Waals surface area contributed by atoms with E-state index in [0.717, 1.165) is 5.56 Å². The minimum Gasteiger partial charge on any atom is -0.281 e. The average molecular weight is 226 g/mol. The van der Waals surface area contributed by atoms with Crippen molar-refractivity contribution in [1.82, 2.24) is 14.8 Å². The Morgan fingerprint density at radius 3 is 2.93 bits per heavy atom.